The molecule has 0 aliphatic rings. The van der Waals surface area contributed by atoms with Crippen LogP contribution in [0.25, 0.3) is 11.0 Å². The summed E-state index contributed by atoms with van der Waals surface area (Å²) in [6, 6.07) is 5.97. The van der Waals surface area contributed by atoms with Gasteiger partial charge in [0.15, 0.2) is 5.43 Å². The van der Waals surface area contributed by atoms with Gasteiger partial charge in [-0.25, -0.2) is 4.79 Å². The van der Waals surface area contributed by atoms with Crippen molar-refractivity contribution < 1.29 is 19.1 Å². The summed E-state index contributed by atoms with van der Waals surface area (Å²) >= 11 is 0. The third kappa shape index (κ3) is 4.85. The van der Waals surface area contributed by atoms with Gasteiger partial charge in [-0.1, -0.05) is 51.5 Å². The number of unbranched alkanes of at least 4 members (excludes halogenated alkanes) is 6. The van der Waals surface area contributed by atoms with Gasteiger partial charge in [0.1, 0.15) is 16.7 Å². The van der Waals surface area contributed by atoms with E-state index in [1.54, 1.807) is 18.2 Å². The molecule has 5 heteroatoms. The molecule has 2 aromatic rings. The molecule has 0 unspecified atom stereocenters. The van der Waals surface area contributed by atoms with Crippen molar-refractivity contribution in [1.82, 2.24) is 0 Å². The SMILES string of the molecule is CCCCCCCCCOc1cccc2oc(C(=O)O)cc(=O)c12. The first-order valence-electron chi connectivity index (χ1n) is 8.56. The Morgan fingerprint density at radius 2 is 1.83 bits per heavy atom. The maximum absolute atomic E-state index is 12.2. The van der Waals surface area contributed by atoms with Gasteiger partial charge in [-0.3, -0.25) is 4.79 Å². The van der Waals surface area contributed by atoms with Gasteiger partial charge in [0.25, 0.3) is 0 Å². The van der Waals surface area contributed by atoms with Crippen LogP contribution < -0.4 is 10.2 Å². The number of ether oxygens (including phenoxy) is 1. The van der Waals surface area contributed by atoms with E-state index in [1.807, 2.05) is 0 Å². The number of carbonyl (C=O) groups is 1. The molecule has 0 radical (unpaired) electrons. The van der Waals surface area contributed by atoms with E-state index in [0.29, 0.717) is 17.7 Å². The minimum Gasteiger partial charge on any atom is -0.493 e. The molecule has 1 heterocycles. The molecule has 0 bridgehead atoms. The highest BCUT2D eigenvalue weighted by molar-refractivity contribution is 5.89. The van der Waals surface area contributed by atoms with Crippen LogP contribution >= 0.6 is 0 Å². The molecule has 1 aromatic heterocycles. The van der Waals surface area contributed by atoms with E-state index in [1.165, 1.54) is 32.1 Å². The van der Waals surface area contributed by atoms with Crippen LogP contribution in [0, 0.1) is 0 Å². The highest BCUT2D eigenvalue weighted by Crippen LogP contribution is 2.23. The molecule has 1 N–H and O–H groups in total. The van der Waals surface area contributed by atoms with Crippen molar-refractivity contribution >= 4 is 16.9 Å². The van der Waals surface area contributed by atoms with E-state index < -0.39 is 11.4 Å². The van der Waals surface area contributed by atoms with E-state index in [2.05, 4.69) is 6.92 Å². The lowest BCUT2D eigenvalue weighted by Crippen LogP contribution is -2.08. The molecule has 0 fully saturated rings. The Morgan fingerprint density at radius 3 is 2.54 bits per heavy atom. The lowest BCUT2D eigenvalue weighted by atomic mass is 10.1. The maximum atomic E-state index is 12.2. The van der Waals surface area contributed by atoms with Crippen LogP contribution in [-0.2, 0) is 0 Å². The second-order valence-electron chi connectivity index (χ2n) is 5.88. The Morgan fingerprint density at radius 1 is 1.12 bits per heavy atom. The van der Waals surface area contributed by atoms with Crippen LogP contribution in [0.3, 0.4) is 0 Å². The van der Waals surface area contributed by atoms with E-state index in [9.17, 15) is 9.59 Å². The molecule has 0 spiro atoms. The number of carboxylic acid groups (broad SMARTS) is 1. The molecule has 2 rings (SSSR count). The number of fused-ring (bicyclic) bond motifs is 1. The molecule has 0 saturated heterocycles. The molecule has 0 atom stereocenters. The van der Waals surface area contributed by atoms with Crippen molar-refractivity contribution in [1.29, 1.82) is 0 Å². The first kappa shape index (κ1) is 18.0. The van der Waals surface area contributed by atoms with Gasteiger partial charge in [-0.05, 0) is 18.6 Å². The summed E-state index contributed by atoms with van der Waals surface area (Å²) in [5.41, 5.74) is -0.166. The number of hydrogen-bond acceptors (Lipinski definition) is 4. The Labute approximate surface area is 141 Å². The van der Waals surface area contributed by atoms with Crippen molar-refractivity contribution in [3.8, 4) is 5.75 Å². The van der Waals surface area contributed by atoms with Gasteiger partial charge in [0, 0.05) is 6.07 Å². The first-order valence-corrected chi connectivity index (χ1v) is 8.56. The highest BCUT2D eigenvalue weighted by Gasteiger charge is 2.13. The Hall–Kier alpha value is -2.30. The molecule has 0 aliphatic heterocycles. The van der Waals surface area contributed by atoms with E-state index >= 15 is 0 Å². The second kappa shape index (κ2) is 9.11. The Kier molecular flexibility index (Phi) is 6.85. The van der Waals surface area contributed by atoms with E-state index in [-0.39, 0.29) is 11.3 Å². The fourth-order valence-electron chi connectivity index (χ4n) is 2.65. The molecular weight excluding hydrogens is 308 g/mol. The van der Waals surface area contributed by atoms with Gasteiger partial charge in [0.05, 0.1) is 6.61 Å². The van der Waals surface area contributed by atoms with Gasteiger partial charge >= 0.3 is 5.97 Å². The summed E-state index contributed by atoms with van der Waals surface area (Å²) in [5, 5.41) is 9.25. The summed E-state index contributed by atoms with van der Waals surface area (Å²) in [5.74, 6) is -1.18. The average molecular weight is 332 g/mol. The maximum Gasteiger partial charge on any atom is 0.371 e. The minimum absolute atomic E-state index is 0.233. The first-order chi connectivity index (χ1) is 11.6. The van der Waals surface area contributed by atoms with Gasteiger partial charge in [0.2, 0.25) is 5.76 Å². The quantitative estimate of drug-likeness (QED) is 0.642. The molecule has 5 nitrogen and oxygen atoms in total. The van der Waals surface area contributed by atoms with Crippen LogP contribution in [0.5, 0.6) is 5.75 Å². The zero-order chi connectivity index (χ0) is 17.4. The second-order valence-corrected chi connectivity index (χ2v) is 5.88. The van der Waals surface area contributed by atoms with Crippen LogP contribution in [0.4, 0.5) is 0 Å². The molecular formula is C19H24O5. The average Bonchev–Trinajstić information content (AvgIpc) is 2.57. The number of benzene rings is 1. The number of carboxylic acids is 1. The molecule has 130 valence electrons. The Bertz CT molecular complexity index is 732. The summed E-state index contributed by atoms with van der Waals surface area (Å²) in [6.45, 7) is 2.74. The molecule has 0 amide bonds. The number of rotatable bonds is 10. The van der Waals surface area contributed by atoms with Gasteiger partial charge in [-0.2, -0.15) is 0 Å². The summed E-state index contributed by atoms with van der Waals surface area (Å²) < 4.78 is 11.0. The largest absolute Gasteiger partial charge is 0.493 e. The molecule has 0 saturated carbocycles. The summed E-state index contributed by atoms with van der Waals surface area (Å²) in [7, 11) is 0. The van der Waals surface area contributed by atoms with E-state index in [4.69, 9.17) is 14.3 Å². The zero-order valence-corrected chi connectivity index (χ0v) is 14.0. The molecule has 0 aliphatic carbocycles. The smallest absolute Gasteiger partial charge is 0.371 e. The third-order valence-electron chi connectivity index (χ3n) is 3.93. The fourth-order valence-corrected chi connectivity index (χ4v) is 2.65. The van der Waals surface area contributed by atoms with Gasteiger partial charge in [-0.15, -0.1) is 0 Å². The predicted octanol–water partition coefficient (Wildman–Crippen LogP) is 4.62. The Balaban J connectivity index is 1.95. The van der Waals surface area contributed by atoms with Crippen molar-refractivity contribution in [2.24, 2.45) is 0 Å². The summed E-state index contributed by atoms with van der Waals surface area (Å²) in [4.78, 5) is 23.1. The normalized spacial score (nSPS) is 10.9. The van der Waals surface area contributed by atoms with Crippen molar-refractivity contribution in [2.75, 3.05) is 6.61 Å². The van der Waals surface area contributed by atoms with Crippen LogP contribution in [0.1, 0.15) is 62.4 Å². The highest BCUT2D eigenvalue weighted by atomic mass is 16.5. The number of aromatic carboxylic acids is 1. The van der Waals surface area contributed by atoms with E-state index in [0.717, 1.165) is 18.9 Å². The third-order valence-corrected chi connectivity index (χ3v) is 3.93. The standard InChI is InChI=1S/C19H24O5/c1-2-3-4-5-6-7-8-12-23-15-10-9-11-16-18(15)14(20)13-17(24-16)19(21)22/h9-11,13H,2-8,12H2,1H3,(H,21,22). The monoisotopic (exact) mass is 332 g/mol. The van der Waals surface area contributed by atoms with Crippen molar-refractivity contribution in [3.63, 3.8) is 0 Å². The topological polar surface area (TPSA) is 76.7 Å². The van der Waals surface area contributed by atoms with Crippen molar-refractivity contribution in [2.45, 2.75) is 51.9 Å². The molecule has 24 heavy (non-hydrogen) atoms. The zero-order valence-electron chi connectivity index (χ0n) is 14.0. The minimum atomic E-state index is -1.26. The lowest BCUT2D eigenvalue weighted by Gasteiger charge is -2.08. The molecule has 1 aromatic carbocycles. The van der Waals surface area contributed by atoms with Crippen LogP contribution in [0.2, 0.25) is 0 Å². The van der Waals surface area contributed by atoms with Crippen LogP contribution in [0.15, 0.2) is 33.5 Å². The van der Waals surface area contributed by atoms with Crippen molar-refractivity contribution in [3.05, 3.63) is 40.2 Å². The van der Waals surface area contributed by atoms with Crippen LogP contribution in [-0.4, -0.2) is 17.7 Å². The van der Waals surface area contributed by atoms with Gasteiger partial charge < -0.3 is 14.3 Å². The summed E-state index contributed by atoms with van der Waals surface area (Å²) in [6.07, 6.45) is 8.31. The number of hydrogen-bond donors (Lipinski definition) is 1. The predicted molar refractivity (Wildman–Crippen MR) is 92.9 cm³/mol. The fraction of sp³-hybridized carbons (Fsp3) is 0.474. The lowest BCUT2D eigenvalue weighted by molar-refractivity contribution is 0.0663.